The average Bonchev–Trinajstić information content (AvgIpc) is 2.84. The Bertz CT molecular complexity index is 1010. The molecule has 4 rings (SSSR count). The third-order valence-electron chi connectivity index (χ3n) is 5.99. The number of amides is 1. The van der Waals surface area contributed by atoms with Crippen molar-refractivity contribution in [3.63, 3.8) is 0 Å². The maximum atomic E-state index is 13.6. The molecule has 12 heteroatoms. The first-order valence-corrected chi connectivity index (χ1v) is 11.6. The Morgan fingerprint density at radius 3 is 2.71 bits per heavy atom. The summed E-state index contributed by atoms with van der Waals surface area (Å²) < 4.78 is 46.0. The van der Waals surface area contributed by atoms with E-state index in [0.29, 0.717) is 31.9 Å². The summed E-state index contributed by atoms with van der Waals surface area (Å²) in [4.78, 5) is 24.5. The minimum absolute atomic E-state index is 0.143. The topological polar surface area (TPSA) is 101 Å². The number of carbonyl (C=O) groups excluding carboxylic acids is 1. The summed E-state index contributed by atoms with van der Waals surface area (Å²) in [5.41, 5.74) is -0.624. The number of aromatic nitrogens is 3. The molecule has 2 fully saturated rings. The molecule has 1 atom stereocenters. The van der Waals surface area contributed by atoms with E-state index in [0.717, 1.165) is 38.4 Å². The number of nitrogens with zero attached hydrogens (tertiary/aromatic N) is 3. The number of carbonyl (C=O) groups is 1. The quantitative estimate of drug-likeness (QED) is 0.553. The lowest BCUT2D eigenvalue weighted by Crippen LogP contribution is -2.37. The molecule has 2 saturated heterocycles. The molecule has 0 spiro atoms. The van der Waals surface area contributed by atoms with Crippen LogP contribution in [0, 0.1) is 11.8 Å². The molecule has 4 heterocycles. The van der Waals surface area contributed by atoms with Gasteiger partial charge in [-0.1, -0.05) is 11.6 Å². The van der Waals surface area contributed by atoms with E-state index >= 15 is 0 Å². The summed E-state index contributed by atoms with van der Waals surface area (Å²) in [5.74, 6) is -0.288. The minimum atomic E-state index is -4.67. The maximum Gasteiger partial charge on any atom is 0.437 e. The van der Waals surface area contributed by atoms with E-state index in [4.69, 9.17) is 16.3 Å². The van der Waals surface area contributed by atoms with Gasteiger partial charge >= 0.3 is 6.18 Å². The number of piperidine rings is 1. The van der Waals surface area contributed by atoms with Crippen molar-refractivity contribution in [2.45, 2.75) is 31.9 Å². The fourth-order valence-electron chi connectivity index (χ4n) is 4.05. The van der Waals surface area contributed by atoms with Crippen LogP contribution >= 0.6 is 11.6 Å². The van der Waals surface area contributed by atoms with Gasteiger partial charge in [0.05, 0.1) is 22.8 Å². The molecule has 0 aromatic carbocycles. The average molecular weight is 499 g/mol. The molecule has 34 heavy (non-hydrogen) atoms. The van der Waals surface area contributed by atoms with Gasteiger partial charge in [0, 0.05) is 38.1 Å². The Morgan fingerprint density at radius 2 is 2.00 bits per heavy atom. The standard InChI is InChI=1S/C22H26ClF3N6O2/c23-16-11-28-18(32-21(33)14-2-1-5-27-10-14)8-15(16)17-12-29-19(22(24,25)26)20(31-17)30-9-13-3-6-34-7-4-13/h8,11-14,27H,1-7,9-10H2,(H,30,31)(H,28,32,33)/t14-/m1/s1. The molecule has 184 valence electrons. The van der Waals surface area contributed by atoms with Crippen LogP contribution in [0.25, 0.3) is 11.3 Å². The second-order valence-corrected chi connectivity index (χ2v) is 8.88. The van der Waals surface area contributed by atoms with Gasteiger partial charge in [0.1, 0.15) is 5.82 Å². The normalized spacial score (nSPS) is 19.6. The molecule has 2 aromatic heterocycles. The van der Waals surface area contributed by atoms with Crippen LogP contribution in [0.15, 0.2) is 18.5 Å². The highest BCUT2D eigenvalue weighted by Crippen LogP contribution is 2.35. The van der Waals surface area contributed by atoms with E-state index in [2.05, 4.69) is 30.9 Å². The number of alkyl halides is 3. The monoisotopic (exact) mass is 498 g/mol. The second kappa shape index (κ2) is 10.8. The Morgan fingerprint density at radius 1 is 1.21 bits per heavy atom. The number of ether oxygens (including phenoxy) is 1. The summed E-state index contributed by atoms with van der Waals surface area (Å²) >= 11 is 6.29. The predicted octanol–water partition coefficient (Wildman–Crippen LogP) is 3.99. The number of hydrogen-bond acceptors (Lipinski definition) is 7. The highest BCUT2D eigenvalue weighted by molar-refractivity contribution is 6.33. The largest absolute Gasteiger partial charge is 0.437 e. The molecule has 2 aliphatic heterocycles. The molecule has 0 saturated carbocycles. The molecule has 3 N–H and O–H groups in total. The van der Waals surface area contributed by atoms with Gasteiger partial charge < -0.3 is 20.7 Å². The number of halogens is 4. The Kier molecular flexibility index (Phi) is 7.84. The van der Waals surface area contributed by atoms with Gasteiger partial charge in [0.25, 0.3) is 0 Å². The molecular formula is C22H26ClF3N6O2. The summed E-state index contributed by atoms with van der Waals surface area (Å²) in [6, 6.07) is 1.50. The zero-order valence-electron chi connectivity index (χ0n) is 18.4. The molecule has 2 aromatic rings. The van der Waals surface area contributed by atoms with Crippen LogP contribution in [0.4, 0.5) is 24.8 Å². The van der Waals surface area contributed by atoms with E-state index in [9.17, 15) is 18.0 Å². The third-order valence-corrected chi connectivity index (χ3v) is 6.29. The predicted molar refractivity (Wildman–Crippen MR) is 122 cm³/mol. The molecule has 1 amide bonds. The molecule has 8 nitrogen and oxygen atoms in total. The second-order valence-electron chi connectivity index (χ2n) is 8.47. The van der Waals surface area contributed by atoms with E-state index < -0.39 is 11.9 Å². The number of rotatable bonds is 6. The van der Waals surface area contributed by atoms with E-state index in [1.165, 1.54) is 12.3 Å². The summed E-state index contributed by atoms with van der Waals surface area (Å²) in [6.45, 7) is 2.96. The van der Waals surface area contributed by atoms with Crippen LogP contribution in [0.3, 0.4) is 0 Å². The van der Waals surface area contributed by atoms with Crippen molar-refractivity contribution in [3.05, 3.63) is 29.2 Å². The lowest BCUT2D eigenvalue weighted by molar-refractivity contribution is -0.140. The van der Waals surface area contributed by atoms with E-state index in [-0.39, 0.29) is 40.1 Å². The van der Waals surface area contributed by atoms with Gasteiger partial charge in [-0.05, 0) is 44.2 Å². The first-order chi connectivity index (χ1) is 16.3. The van der Waals surface area contributed by atoms with Crippen LogP contribution in [-0.2, 0) is 15.7 Å². The highest BCUT2D eigenvalue weighted by atomic mass is 35.5. The van der Waals surface area contributed by atoms with Crippen molar-refractivity contribution >= 4 is 29.1 Å². The van der Waals surface area contributed by atoms with E-state index in [1.807, 2.05) is 0 Å². The van der Waals surface area contributed by atoms with Crippen molar-refractivity contribution in [2.75, 3.05) is 43.5 Å². The van der Waals surface area contributed by atoms with Gasteiger partial charge in [-0.15, -0.1) is 0 Å². The zero-order chi connectivity index (χ0) is 24.1. The first kappa shape index (κ1) is 24.6. The lowest BCUT2D eigenvalue weighted by Gasteiger charge is -2.23. The van der Waals surface area contributed by atoms with Crippen molar-refractivity contribution in [1.29, 1.82) is 0 Å². The van der Waals surface area contributed by atoms with Crippen LogP contribution in [-0.4, -0.2) is 53.7 Å². The Balaban J connectivity index is 1.57. The van der Waals surface area contributed by atoms with Crippen molar-refractivity contribution < 1.29 is 22.7 Å². The summed E-state index contributed by atoms with van der Waals surface area (Å²) in [5, 5.41) is 8.95. The van der Waals surface area contributed by atoms with Gasteiger partial charge in [-0.3, -0.25) is 4.79 Å². The van der Waals surface area contributed by atoms with Crippen LogP contribution < -0.4 is 16.0 Å². The highest BCUT2D eigenvalue weighted by Gasteiger charge is 2.37. The number of pyridine rings is 1. The maximum absolute atomic E-state index is 13.6. The molecular weight excluding hydrogens is 473 g/mol. The van der Waals surface area contributed by atoms with Crippen LogP contribution in [0.1, 0.15) is 31.4 Å². The van der Waals surface area contributed by atoms with Gasteiger partial charge in [0.15, 0.2) is 11.5 Å². The van der Waals surface area contributed by atoms with Gasteiger partial charge in [-0.25, -0.2) is 15.0 Å². The van der Waals surface area contributed by atoms with Crippen LogP contribution in [0.5, 0.6) is 0 Å². The Hall–Kier alpha value is -2.50. The molecule has 2 aliphatic rings. The smallest absolute Gasteiger partial charge is 0.381 e. The van der Waals surface area contributed by atoms with Crippen molar-refractivity contribution in [1.82, 2.24) is 20.3 Å². The molecule has 0 radical (unpaired) electrons. The molecule has 0 unspecified atom stereocenters. The number of anilines is 2. The number of nitrogens with one attached hydrogen (secondary N) is 3. The van der Waals surface area contributed by atoms with Crippen molar-refractivity contribution in [3.8, 4) is 11.3 Å². The summed E-state index contributed by atoms with van der Waals surface area (Å²) in [7, 11) is 0. The van der Waals surface area contributed by atoms with Gasteiger partial charge in [-0.2, -0.15) is 13.2 Å². The minimum Gasteiger partial charge on any atom is -0.381 e. The third kappa shape index (κ3) is 6.13. The van der Waals surface area contributed by atoms with Crippen molar-refractivity contribution in [2.24, 2.45) is 11.8 Å². The molecule has 0 bridgehead atoms. The lowest BCUT2D eigenvalue weighted by atomic mass is 9.99. The number of hydrogen-bond donors (Lipinski definition) is 3. The zero-order valence-corrected chi connectivity index (χ0v) is 19.2. The molecule has 0 aliphatic carbocycles. The van der Waals surface area contributed by atoms with E-state index in [1.54, 1.807) is 0 Å². The first-order valence-electron chi connectivity index (χ1n) is 11.2. The Labute approximate surface area is 200 Å². The van der Waals surface area contributed by atoms with Crippen LogP contribution in [0.2, 0.25) is 5.02 Å². The fraction of sp³-hybridized carbons (Fsp3) is 0.545. The fourth-order valence-corrected chi connectivity index (χ4v) is 4.25. The van der Waals surface area contributed by atoms with Gasteiger partial charge in [0.2, 0.25) is 5.91 Å². The SMILES string of the molecule is O=C(Nc1cc(-c2cnc(C(F)(F)F)c(NCC3CCOCC3)n2)c(Cl)cn1)[C@@H]1CCCNC1. The summed E-state index contributed by atoms with van der Waals surface area (Å²) in [6.07, 6.45) is 0.890.